The number of aromatic nitrogens is 1. The molecule has 2 N–H and O–H groups in total. The van der Waals surface area contributed by atoms with Crippen LogP contribution in [0.1, 0.15) is 43.7 Å². The minimum absolute atomic E-state index is 0.687. The normalized spacial score (nSPS) is 14.1. The molecule has 0 unspecified atom stereocenters. The van der Waals surface area contributed by atoms with Crippen LogP contribution in [0.4, 0.5) is 0 Å². The van der Waals surface area contributed by atoms with Crippen molar-refractivity contribution in [3.8, 4) is 0 Å². The van der Waals surface area contributed by atoms with Crippen LogP contribution >= 0.6 is 23.2 Å². The van der Waals surface area contributed by atoms with Crippen LogP contribution in [-0.4, -0.2) is 24.6 Å². The number of rotatable bonds is 10. The molecule has 1 aliphatic carbocycles. The summed E-state index contributed by atoms with van der Waals surface area (Å²) in [5, 5.41) is 9.66. The lowest BCUT2D eigenvalue weighted by Gasteiger charge is -2.20. The van der Waals surface area contributed by atoms with Gasteiger partial charge in [-0.05, 0) is 86.7 Å². The number of benzene rings is 2. The highest BCUT2D eigenvalue weighted by atomic mass is 35.5. The Labute approximate surface area is 206 Å². The maximum Gasteiger partial charge on any atom is 0.0777 e. The van der Waals surface area contributed by atoms with Crippen molar-refractivity contribution in [1.82, 2.24) is 15.6 Å². The van der Waals surface area contributed by atoms with E-state index in [0.717, 1.165) is 62.9 Å². The lowest BCUT2D eigenvalue weighted by atomic mass is 9.87. The monoisotopic (exact) mass is 479 g/mol. The molecule has 0 fully saturated rings. The van der Waals surface area contributed by atoms with E-state index in [4.69, 9.17) is 23.2 Å². The average Bonchev–Trinajstić information content (AvgIpc) is 2.80. The summed E-state index contributed by atoms with van der Waals surface area (Å²) in [6, 6.07) is 16.3. The van der Waals surface area contributed by atoms with Crippen molar-refractivity contribution in [2.24, 2.45) is 0 Å². The van der Waals surface area contributed by atoms with Crippen molar-refractivity contribution >= 4 is 39.7 Å². The molecule has 3 aromatic rings. The fourth-order valence-electron chi connectivity index (χ4n) is 4.48. The molecule has 172 valence electrons. The largest absolute Gasteiger partial charge is 0.313 e. The van der Waals surface area contributed by atoms with Gasteiger partial charge in [-0.15, -0.1) is 0 Å². The predicted molar refractivity (Wildman–Crippen MR) is 142 cm³/mol. The van der Waals surface area contributed by atoms with Gasteiger partial charge in [0, 0.05) is 40.3 Å². The molecule has 0 bridgehead atoms. The summed E-state index contributed by atoms with van der Waals surface area (Å²) in [6.45, 7) is 6.01. The number of hydrogen-bond acceptors (Lipinski definition) is 3. The smallest absolute Gasteiger partial charge is 0.0777 e. The van der Waals surface area contributed by atoms with Crippen LogP contribution in [0, 0.1) is 0 Å². The Morgan fingerprint density at radius 2 is 1.61 bits per heavy atom. The molecule has 1 aromatic heterocycles. The van der Waals surface area contributed by atoms with Crippen LogP contribution in [0.2, 0.25) is 10.0 Å². The molecule has 3 nitrogen and oxygen atoms in total. The Balaban J connectivity index is 1.20. The first-order chi connectivity index (χ1) is 16.1. The van der Waals surface area contributed by atoms with E-state index in [0.29, 0.717) is 10.0 Å². The molecular weight excluding hydrogens is 449 g/mol. The molecule has 0 amide bonds. The Morgan fingerprint density at radius 3 is 2.36 bits per heavy atom. The predicted octanol–water partition coefficient (Wildman–Crippen LogP) is 7.19. The van der Waals surface area contributed by atoms with E-state index in [9.17, 15) is 0 Å². The van der Waals surface area contributed by atoms with E-state index in [1.54, 1.807) is 6.07 Å². The van der Waals surface area contributed by atoms with Crippen molar-refractivity contribution in [3.63, 3.8) is 0 Å². The van der Waals surface area contributed by atoms with Gasteiger partial charge in [0.2, 0.25) is 0 Å². The summed E-state index contributed by atoms with van der Waals surface area (Å²) in [6.07, 6.45) is 8.72. The maximum absolute atomic E-state index is 6.05. The molecule has 0 atom stereocenters. The van der Waals surface area contributed by atoms with E-state index in [2.05, 4.69) is 52.9 Å². The topological polar surface area (TPSA) is 37.0 Å². The second kappa shape index (κ2) is 11.8. The van der Waals surface area contributed by atoms with E-state index in [-0.39, 0.29) is 0 Å². The zero-order valence-electron chi connectivity index (χ0n) is 19.1. The minimum atomic E-state index is 0.687. The molecule has 0 aliphatic heterocycles. The third-order valence-electron chi connectivity index (χ3n) is 6.11. The van der Waals surface area contributed by atoms with Gasteiger partial charge in [0.05, 0.1) is 5.52 Å². The highest BCUT2D eigenvalue weighted by Gasteiger charge is 2.15. The summed E-state index contributed by atoms with van der Waals surface area (Å²) >= 11 is 12.1. The molecule has 5 heteroatoms. The van der Waals surface area contributed by atoms with Crippen molar-refractivity contribution in [2.45, 2.75) is 39.2 Å². The molecule has 0 saturated carbocycles. The third-order valence-corrected chi connectivity index (χ3v) is 6.55. The van der Waals surface area contributed by atoms with Gasteiger partial charge in [0.25, 0.3) is 0 Å². The molecule has 1 aliphatic rings. The zero-order valence-corrected chi connectivity index (χ0v) is 20.6. The average molecular weight is 480 g/mol. The standard InChI is InChI=1S/C28H31Cl2N3/c1-20-14-21(9-10-26(20)27-8-4-6-23-7-5-13-33-28(23)27)18-31-11-2-3-12-32-19-22-15-24(29)17-25(30)16-22/h4-8,13-17,31-32H,2-3,9-12,18-19H2,1H3. The first kappa shape index (κ1) is 24.0. The van der Waals surface area contributed by atoms with Crippen LogP contribution in [0.3, 0.4) is 0 Å². The molecule has 0 saturated heterocycles. The zero-order chi connectivity index (χ0) is 23.0. The van der Waals surface area contributed by atoms with Gasteiger partial charge in [-0.3, -0.25) is 4.98 Å². The second-order valence-electron chi connectivity index (χ2n) is 8.68. The van der Waals surface area contributed by atoms with Gasteiger partial charge in [-0.25, -0.2) is 0 Å². The number of allylic oxidation sites excluding steroid dienone is 3. The van der Waals surface area contributed by atoms with E-state index >= 15 is 0 Å². The van der Waals surface area contributed by atoms with Crippen LogP contribution < -0.4 is 10.6 Å². The minimum Gasteiger partial charge on any atom is -0.313 e. The fourth-order valence-corrected chi connectivity index (χ4v) is 5.05. The fraction of sp³-hybridized carbons (Fsp3) is 0.321. The molecule has 0 spiro atoms. The van der Waals surface area contributed by atoms with E-state index in [1.165, 1.54) is 27.7 Å². The first-order valence-corrected chi connectivity index (χ1v) is 12.5. The van der Waals surface area contributed by atoms with Crippen LogP contribution in [0.5, 0.6) is 0 Å². The number of pyridine rings is 1. The molecule has 1 heterocycles. The highest BCUT2D eigenvalue weighted by Crippen LogP contribution is 2.34. The summed E-state index contributed by atoms with van der Waals surface area (Å²) < 4.78 is 0. The highest BCUT2D eigenvalue weighted by molar-refractivity contribution is 6.34. The quantitative estimate of drug-likeness (QED) is 0.302. The van der Waals surface area contributed by atoms with Gasteiger partial charge in [0.1, 0.15) is 0 Å². The molecule has 2 aromatic carbocycles. The summed E-state index contributed by atoms with van der Waals surface area (Å²) in [5.41, 5.74) is 7.78. The van der Waals surface area contributed by atoms with Crippen LogP contribution in [0.25, 0.3) is 16.5 Å². The SMILES string of the molecule is CC1=C(c2cccc3cccnc23)CCC(CNCCCCNCc2cc(Cl)cc(Cl)c2)=C1. The summed E-state index contributed by atoms with van der Waals surface area (Å²) in [7, 11) is 0. The van der Waals surface area contributed by atoms with Crippen molar-refractivity contribution in [3.05, 3.63) is 93.1 Å². The maximum atomic E-state index is 6.05. The van der Waals surface area contributed by atoms with Gasteiger partial charge in [0.15, 0.2) is 0 Å². The second-order valence-corrected chi connectivity index (χ2v) is 9.56. The number of para-hydroxylation sites is 1. The van der Waals surface area contributed by atoms with Gasteiger partial charge < -0.3 is 10.6 Å². The first-order valence-electron chi connectivity index (χ1n) is 11.7. The Bertz CT molecular complexity index is 1140. The van der Waals surface area contributed by atoms with Crippen molar-refractivity contribution in [1.29, 1.82) is 0 Å². The lowest BCUT2D eigenvalue weighted by Crippen LogP contribution is -2.21. The third kappa shape index (κ3) is 6.68. The number of unbranched alkanes of at least 4 members (excludes halogenated alkanes) is 1. The molecular formula is C28H31Cl2N3. The van der Waals surface area contributed by atoms with Crippen molar-refractivity contribution in [2.75, 3.05) is 19.6 Å². The van der Waals surface area contributed by atoms with Gasteiger partial charge in [-0.2, -0.15) is 0 Å². The number of fused-ring (bicyclic) bond motifs is 1. The number of nitrogens with zero attached hydrogens (tertiary/aromatic N) is 1. The lowest BCUT2D eigenvalue weighted by molar-refractivity contribution is 0.591. The van der Waals surface area contributed by atoms with Crippen LogP contribution in [0.15, 0.2) is 72.0 Å². The number of nitrogens with one attached hydrogen (secondary N) is 2. The number of halogens is 2. The number of hydrogen-bond donors (Lipinski definition) is 2. The molecule has 33 heavy (non-hydrogen) atoms. The van der Waals surface area contributed by atoms with E-state index < -0.39 is 0 Å². The van der Waals surface area contributed by atoms with E-state index in [1.807, 2.05) is 24.4 Å². The van der Waals surface area contributed by atoms with Gasteiger partial charge >= 0.3 is 0 Å². The summed E-state index contributed by atoms with van der Waals surface area (Å²) in [4.78, 5) is 4.64. The molecule has 0 radical (unpaired) electrons. The Hall–Kier alpha value is -2.17. The summed E-state index contributed by atoms with van der Waals surface area (Å²) in [5.74, 6) is 0. The Kier molecular flexibility index (Phi) is 8.57. The van der Waals surface area contributed by atoms with Gasteiger partial charge in [-0.1, -0.05) is 59.1 Å². The Morgan fingerprint density at radius 1 is 0.879 bits per heavy atom. The van der Waals surface area contributed by atoms with Crippen LogP contribution in [-0.2, 0) is 6.54 Å². The van der Waals surface area contributed by atoms with Crippen molar-refractivity contribution < 1.29 is 0 Å². The molecule has 4 rings (SSSR count).